The lowest BCUT2D eigenvalue weighted by Crippen LogP contribution is -2.08. The second-order valence-electron chi connectivity index (χ2n) is 4.21. The van der Waals surface area contributed by atoms with Crippen LogP contribution >= 0.6 is 0 Å². The topological polar surface area (TPSA) is 46.5 Å². The number of aryl methyl sites for hydroxylation is 1. The number of carbonyl (C=O) groups is 1. The van der Waals surface area contributed by atoms with Crippen molar-refractivity contribution in [2.24, 2.45) is 0 Å². The van der Waals surface area contributed by atoms with Crippen molar-refractivity contribution in [3.8, 4) is 5.75 Å². The van der Waals surface area contributed by atoms with Crippen LogP contribution in [0.3, 0.4) is 0 Å². The summed E-state index contributed by atoms with van der Waals surface area (Å²) in [5.41, 5.74) is 2.82. The molecule has 0 fully saturated rings. The van der Waals surface area contributed by atoms with Crippen LogP contribution in [0.25, 0.3) is 0 Å². The molecular formula is C13H18O3. The van der Waals surface area contributed by atoms with Gasteiger partial charge in [-0.2, -0.15) is 0 Å². The van der Waals surface area contributed by atoms with Crippen molar-refractivity contribution in [2.75, 3.05) is 7.11 Å². The molecule has 0 spiro atoms. The third-order valence-corrected chi connectivity index (χ3v) is 2.65. The van der Waals surface area contributed by atoms with Gasteiger partial charge in [-0.3, -0.25) is 4.79 Å². The number of carboxylic acids is 1. The van der Waals surface area contributed by atoms with Crippen molar-refractivity contribution in [1.82, 2.24) is 0 Å². The van der Waals surface area contributed by atoms with E-state index in [-0.39, 0.29) is 6.42 Å². The van der Waals surface area contributed by atoms with Gasteiger partial charge in [0.15, 0.2) is 0 Å². The Hall–Kier alpha value is -1.51. The van der Waals surface area contributed by atoms with E-state index in [9.17, 15) is 4.79 Å². The minimum Gasteiger partial charge on any atom is -0.496 e. The predicted molar refractivity (Wildman–Crippen MR) is 63.2 cm³/mol. The third kappa shape index (κ3) is 2.54. The summed E-state index contributed by atoms with van der Waals surface area (Å²) in [5.74, 6) is 0.170. The minimum atomic E-state index is -0.828. The molecule has 0 amide bonds. The van der Waals surface area contributed by atoms with E-state index in [0.717, 1.165) is 16.7 Å². The second kappa shape index (κ2) is 5.01. The summed E-state index contributed by atoms with van der Waals surface area (Å²) in [7, 11) is 1.58. The molecule has 1 aromatic carbocycles. The molecule has 1 rings (SSSR count). The number of hydrogen-bond acceptors (Lipinski definition) is 2. The Morgan fingerprint density at radius 2 is 2.06 bits per heavy atom. The highest BCUT2D eigenvalue weighted by molar-refractivity contribution is 5.72. The standard InChI is InChI=1S/C13H18O3/c1-8(2)10-6-5-9(3)13(16-4)11(10)7-12(14)15/h5-6,8H,7H2,1-4H3,(H,14,15). The first-order valence-electron chi connectivity index (χ1n) is 5.35. The number of aliphatic carboxylic acids is 1. The van der Waals surface area contributed by atoms with E-state index in [2.05, 4.69) is 13.8 Å². The van der Waals surface area contributed by atoms with Crippen LogP contribution in [0.4, 0.5) is 0 Å². The molecular weight excluding hydrogens is 204 g/mol. The van der Waals surface area contributed by atoms with Gasteiger partial charge < -0.3 is 9.84 Å². The van der Waals surface area contributed by atoms with E-state index in [1.807, 2.05) is 19.1 Å². The molecule has 0 aliphatic rings. The van der Waals surface area contributed by atoms with Crippen molar-refractivity contribution in [2.45, 2.75) is 33.1 Å². The van der Waals surface area contributed by atoms with Gasteiger partial charge in [0.25, 0.3) is 0 Å². The van der Waals surface area contributed by atoms with Gasteiger partial charge in [0.2, 0.25) is 0 Å². The molecule has 1 N–H and O–H groups in total. The Bertz CT molecular complexity index is 394. The lowest BCUT2D eigenvalue weighted by atomic mass is 9.92. The van der Waals surface area contributed by atoms with E-state index in [4.69, 9.17) is 9.84 Å². The summed E-state index contributed by atoms with van der Waals surface area (Å²) in [6.45, 7) is 6.03. The lowest BCUT2D eigenvalue weighted by molar-refractivity contribution is -0.136. The van der Waals surface area contributed by atoms with Gasteiger partial charge in [-0.05, 0) is 24.0 Å². The van der Waals surface area contributed by atoms with Gasteiger partial charge in [-0.1, -0.05) is 26.0 Å². The maximum atomic E-state index is 10.9. The van der Waals surface area contributed by atoms with E-state index >= 15 is 0 Å². The zero-order valence-electron chi connectivity index (χ0n) is 10.2. The van der Waals surface area contributed by atoms with Crippen LogP contribution < -0.4 is 4.74 Å². The van der Waals surface area contributed by atoms with Gasteiger partial charge in [0.05, 0.1) is 13.5 Å². The van der Waals surface area contributed by atoms with Crippen molar-refractivity contribution in [3.63, 3.8) is 0 Å². The zero-order chi connectivity index (χ0) is 12.3. The first-order chi connectivity index (χ1) is 7.47. The SMILES string of the molecule is COc1c(C)ccc(C(C)C)c1CC(=O)O. The van der Waals surface area contributed by atoms with Crippen LogP contribution in [0.15, 0.2) is 12.1 Å². The number of methoxy groups -OCH3 is 1. The monoisotopic (exact) mass is 222 g/mol. The van der Waals surface area contributed by atoms with Gasteiger partial charge >= 0.3 is 5.97 Å². The van der Waals surface area contributed by atoms with Crippen LogP contribution in [-0.4, -0.2) is 18.2 Å². The van der Waals surface area contributed by atoms with Crippen LogP contribution in [0.5, 0.6) is 5.75 Å². The molecule has 0 saturated carbocycles. The van der Waals surface area contributed by atoms with E-state index in [1.54, 1.807) is 7.11 Å². The average Bonchev–Trinajstić information content (AvgIpc) is 2.16. The van der Waals surface area contributed by atoms with Crippen molar-refractivity contribution in [1.29, 1.82) is 0 Å². The Morgan fingerprint density at radius 3 is 2.50 bits per heavy atom. The van der Waals surface area contributed by atoms with E-state index < -0.39 is 5.97 Å². The predicted octanol–water partition coefficient (Wildman–Crippen LogP) is 2.75. The molecule has 88 valence electrons. The first kappa shape index (κ1) is 12.6. The average molecular weight is 222 g/mol. The molecule has 3 nitrogen and oxygen atoms in total. The van der Waals surface area contributed by atoms with E-state index in [0.29, 0.717) is 11.7 Å². The summed E-state index contributed by atoms with van der Waals surface area (Å²) in [6.07, 6.45) is 0.0123. The second-order valence-corrected chi connectivity index (χ2v) is 4.21. The van der Waals surface area contributed by atoms with Crippen molar-refractivity contribution in [3.05, 3.63) is 28.8 Å². The molecule has 0 bridgehead atoms. The van der Waals surface area contributed by atoms with Gasteiger partial charge in [-0.25, -0.2) is 0 Å². The molecule has 0 atom stereocenters. The summed E-state index contributed by atoms with van der Waals surface area (Å²) in [6, 6.07) is 3.96. The Labute approximate surface area is 96.1 Å². The molecule has 1 aromatic rings. The number of carboxylic acid groups (broad SMARTS) is 1. The summed E-state index contributed by atoms with van der Waals surface area (Å²) in [4.78, 5) is 10.9. The summed E-state index contributed by atoms with van der Waals surface area (Å²) >= 11 is 0. The highest BCUT2D eigenvalue weighted by Gasteiger charge is 2.16. The molecule has 0 aromatic heterocycles. The summed E-state index contributed by atoms with van der Waals surface area (Å²) < 4.78 is 5.30. The fourth-order valence-electron chi connectivity index (χ4n) is 1.92. The molecule has 16 heavy (non-hydrogen) atoms. The Kier molecular flexibility index (Phi) is 3.93. The van der Waals surface area contributed by atoms with Gasteiger partial charge in [-0.15, -0.1) is 0 Å². The van der Waals surface area contributed by atoms with Crippen molar-refractivity contribution < 1.29 is 14.6 Å². The number of ether oxygens (including phenoxy) is 1. The fourth-order valence-corrected chi connectivity index (χ4v) is 1.92. The minimum absolute atomic E-state index is 0.0123. The Balaban J connectivity index is 3.34. The van der Waals surface area contributed by atoms with Gasteiger partial charge in [0.1, 0.15) is 5.75 Å². The molecule has 0 aliphatic carbocycles. The quantitative estimate of drug-likeness (QED) is 0.852. The van der Waals surface area contributed by atoms with Crippen LogP contribution in [0, 0.1) is 6.92 Å². The summed E-state index contributed by atoms with van der Waals surface area (Å²) in [5, 5.41) is 8.93. The maximum absolute atomic E-state index is 10.9. The fraction of sp³-hybridized carbons (Fsp3) is 0.462. The molecule has 0 aliphatic heterocycles. The number of rotatable bonds is 4. The maximum Gasteiger partial charge on any atom is 0.307 e. The molecule has 3 heteroatoms. The third-order valence-electron chi connectivity index (χ3n) is 2.65. The van der Waals surface area contributed by atoms with Crippen molar-refractivity contribution >= 4 is 5.97 Å². The molecule has 0 unspecified atom stereocenters. The van der Waals surface area contributed by atoms with Crippen LogP contribution in [0.2, 0.25) is 0 Å². The van der Waals surface area contributed by atoms with Crippen LogP contribution in [-0.2, 0) is 11.2 Å². The van der Waals surface area contributed by atoms with Gasteiger partial charge in [0, 0.05) is 5.56 Å². The smallest absolute Gasteiger partial charge is 0.307 e. The highest BCUT2D eigenvalue weighted by atomic mass is 16.5. The molecule has 0 heterocycles. The number of hydrogen-bond donors (Lipinski definition) is 1. The normalized spacial score (nSPS) is 10.6. The lowest BCUT2D eigenvalue weighted by Gasteiger charge is -2.17. The molecule has 0 saturated heterocycles. The number of benzene rings is 1. The molecule has 0 radical (unpaired) electrons. The largest absolute Gasteiger partial charge is 0.496 e. The first-order valence-corrected chi connectivity index (χ1v) is 5.35. The van der Waals surface area contributed by atoms with E-state index in [1.165, 1.54) is 0 Å². The highest BCUT2D eigenvalue weighted by Crippen LogP contribution is 2.31. The zero-order valence-corrected chi connectivity index (χ0v) is 10.2. The van der Waals surface area contributed by atoms with Crippen LogP contribution in [0.1, 0.15) is 36.5 Å². The Morgan fingerprint density at radius 1 is 1.44 bits per heavy atom.